The standard InChI is InChI=1S/C24H28N4O/c1-17-14-22(19(3)28(17)18(2)20-8-5-4-6-9-20)24(29)27-13-12-26-16-23(27)21-10-7-11-25-15-21/h4-11,14-15,18,23,26H,12-13,16H2,1-3H3. The van der Waals surface area contributed by atoms with Crippen LogP contribution in [0.2, 0.25) is 0 Å². The molecule has 0 spiro atoms. The summed E-state index contributed by atoms with van der Waals surface area (Å²) < 4.78 is 2.27. The van der Waals surface area contributed by atoms with E-state index in [4.69, 9.17) is 0 Å². The second kappa shape index (κ2) is 8.21. The molecule has 0 saturated carbocycles. The maximum Gasteiger partial charge on any atom is 0.256 e. The predicted molar refractivity (Wildman–Crippen MR) is 115 cm³/mol. The van der Waals surface area contributed by atoms with Crippen molar-refractivity contribution in [2.75, 3.05) is 19.6 Å². The van der Waals surface area contributed by atoms with E-state index in [-0.39, 0.29) is 18.0 Å². The van der Waals surface area contributed by atoms with Crippen LogP contribution in [0.4, 0.5) is 0 Å². The van der Waals surface area contributed by atoms with E-state index in [0.717, 1.165) is 35.6 Å². The molecule has 0 bridgehead atoms. The van der Waals surface area contributed by atoms with Gasteiger partial charge < -0.3 is 14.8 Å². The van der Waals surface area contributed by atoms with Gasteiger partial charge in [-0.3, -0.25) is 9.78 Å². The summed E-state index contributed by atoms with van der Waals surface area (Å²) >= 11 is 0. The number of pyridine rings is 1. The maximum absolute atomic E-state index is 13.6. The first-order valence-electron chi connectivity index (χ1n) is 10.2. The van der Waals surface area contributed by atoms with Gasteiger partial charge in [0, 0.05) is 43.4 Å². The lowest BCUT2D eigenvalue weighted by molar-refractivity contribution is 0.0633. The van der Waals surface area contributed by atoms with Crippen LogP contribution in [-0.4, -0.2) is 40.0 Å². The van der Waals surface area contributed by atoms with Crippen LogP contribution in [0.5, 0.6) is 0 Å². The normalized spacial score (nSPS) is 17.9. The van der Waals surface area contributed by atoms with Crippen molar-refractivity contribution in [1.29, 1.82) is 0 Å². The van der Waals surface area contributed by atoms with Gasteiger partial charge in [-0.05, 0) is 44.0 Å². The number of carbonyl (C=O) groups is 1. The Labute approximate surface area is 172 Å². The van der Waals surface area contributed by atoms with Crippen molar-refractivity contribution in [2.45, 2.75) is 32.9 Å². The second-order valence-corrected chi connectivity index (χ2v) is 7.75. The average molecular weight is 389 g/mol. The molecule has 1 saturated heterocycles. The van der Waals surface area contributed by atoms with Gasteiger partial charge in [0.2, 0.25) is 0 Å². The number of amides is 1. The van der Waals surface area contributed by atoms with Crippen LogP contribution in [0.3, 0.4) is 0 Å². The van der Waals surface area contributed by atoms with Gasteiger partial charge >= 0.3 is 0 Å². The number of nitrogens with one attached hydrogen (secondary N) is 1. The molecule has 2 atom stereocenters. The Morgan fingerprint density at radius 2 is 1.97 bits per heavy atom. The Kier molecular flexibility index (Phi) is 5.49. The summed E-state index contributed by atoms with van der Waals surface area (Å²) in [5, 5.41) is 3.41. The van der Waals surface area contributed by atoms with Gasteiger partial charge in [0.15, 0.2) is 0 Å². The number of hydrogen-bond donors (Lipinski definition) is 1. The first-order chi connectivity index (χ1) is 14.1. The topological polar surface area (TPSA) is 50.2 Å². The highest BCUT2D eigenvalue weighted by atomic mass is 16.2. The van der Waals surface area contributed by atoms with E-state index in [1.807, 2.05) is 35.4 Å². The molecule has 3 heterocycles. The minimum Gasteiger partial charge on any atom is -0.341 e. The molecule has 2 aromatic heterocycles. The van der Waals surface area contributed by atoms with Crippen LogP contribution in [-0.2, 0) is 0 Å². The third kappa shape index (κ3) is 3.70. The Morgan fingerprint density at radius 1 is 1.17 bits per heavy atom. The summed E-state index contributed by atoms with van der Waals surface area (Å²) in [7, 11) is 0. The molecular weight excluding hydrogens is 360 g/mol. The third-order valence-corrected chi connectivity index (χ3v) is 5.96. The molecule has 29 heavy (non-hydrogen) atoms. The van der Waals surface area contributed by atoms with Gasteiger partial charge in [-0.15, -0.1) is 0 Å². The Morgan fingerprint density at radius 3 is 2.69 bits per heavy atom. The first kappa shape index (κ1) is 19.4. The van der Waals surface area contributed by atoms with Crippen molar-refractivity contribution in [3.63, 3.8) is 0 Å². The van der Waals surface area contributed by atoms with Gasteiger partial charge in [-0.2, -0.15) is 0 Å². The molecule has 0 aliphatic carbocycles. The predicted octanol–water partition coefficient (Wildman–Crippen LogP) is 3.90. The number of piperazine rings is 1. The van der Waals surface area contributed by atoms with Crippen LogP contribution in [0, 0.1) is 13.8 Å². The first-order valence-corrected chi connectivity index (χ1v) is 10.2. The lowest BCUT2D eigenvalue weighted by Crippen LogP contribution is -2.48. The molecule has 1 aliphatic rings. The highest BCUT2D eigenvalue weighted by molar-refractivity contribution is 5.96. The van der Waals surface area contributed by atoms with Gasteiger partial charge in [-0.25, -0.2) is 0 Å². The van der Waals surface area contributed by atoms with Crippen LogP contribution in [0.15, 0.2) is 60.9 Å². The number of hydrogen-bond acceptors (Lipinski definition) is 3. The van der Waals surface area contributed by atoms with E-state index in [0.29, 0.717) is 6.54 Å². The fourth-order valence-electron chi connectivity index (χ4n) is 4.44. The fraction of sp³-hybridized carbons (Fsp3) is 0.333. The second-order valence-electron chi connectivity index (χ2n) is 7.75. The van der Waals surface area contributed by atoms with Crippen LogP contribution >= 0.6 is 0 Å². The molecule has 1 aromatic carbocycles. The number of carbonyl (C=O) groups excluding carboxylic acids is 1. The number of aromatic nitrogens is 2. The summed E-state index contributed by atoms with van der Waals surface area (Å²) in [6.07, 6.45) is 3.63. The molecule has 4 rings (SSSR count). The van der Waals surface area contributed by atoms with E-state index in [1.165, 1.54) is 5.56 Å². The summed E-state index contributed by atoms with van der Waals surface area (Å²) in [6.45, 7) is 8.57. The quantitative estimate of drug-likeness (QED) is 0.738. The largest absolute Gasteiger partial charge is 0.341 e. The van der Waals surface area contributed by atoms with E-state index < -0.39 is 0 Å². The number of nitrogens with zero attached hydrogens (tertiary/aromatic N) is 3. The molecule has 3 aromatic rings. The van der Waals surface area contributed by atoms with Gasteiger partial charge in [0.05, 0.1) is 17.6 Å². The molecule has 1 amide bonds. The zero-order valence-electron chi connectivity index (χ0n) is 17.3. The lowest BCUT2D eigenvalue weighted by Gasteiger charge is -2.36. The van der Waals surface area contributed by atoms with Crippen molar-refractivity contribution in [1.82, 2.24) is 19.8 Å². The minimum atomic E-state index is -0.000414. The summed E-state index contributed by atoms with van der Waals surface area (Å²) in [6, 6.07) is 16.6. The highest BCUT2D eigenvalue weighted by Crippen LogP contribution is 2.29. The summed E-state index contributed by atoms with van der Waals surface area (Å²) in [5.74, 6) is 0.0972. The van der Waals surface area contributed by atoms with Crippen molar-refractivity contribution in [3.8, 4) is 0 Å². The SMILES string of the molecule is Cc1cc(C(=O)N2CCNCC2c2cccnc2)c(C)n1C(C)c1ccccc1. The zero-order chi connectivity index (χ0) is 20.4. The fourth-order valence-corrected chi connectivity index (χ4v) is 4.44. The summed E-state index contributed by atoms with van der Waals surface area (Å²) in [4.78, 5) is 19.8. The van der Waals surface area contributed by atoms with Crippen molar-refractivity contribution in [3.05, 3.63) is 89.0 Å². The molecule has 1 N–H and O–H groups in total. The van der Waals surface area contributed by atoms with Crippen LogP contribution < -0.4 is 5.32 Å². The number of benzene rings is 1. The van der Waals surface area contributed by atoms with Gasteiger partial charge in [-0.1, -0.05) is 36.4 Å². The number of rotatable bonds is 4. The van der Waals surface area contributed by atoms with Crippen molar-refractivity contribution < 1.29 is 4.79 Å². The molecular formula is C24H28N4O. The Hall–Kier alpha value is -2.92. The Bertz CT molecular complexity index is 981. The van der Waals surface area contributed by atoms with Gasteiger partial charge in [0.25, 0.3) is 5.91 Å². The van der Waals surface area contributed by atoms with Crippen molar-refractivity contribution >= 4 is 5.91 Å². The van der Waals surface area contributed by atoms with Crippen LogP contribution in [0.1, 0.15) is 51.9 Å². The van der Waals surface area contributed by atoms with Gasteiger partial charge in [0.1, 0.15) is 0 Å². The highest BCUT2D eigenvalue weighted by Gasteiger charge is 2.31. The van der Waals surface area contributed by atoms with Crippen LogP contribution in [0.25, 0.3) is 0 Å². The summed E-state index contributed by atoms with van der Waals surface area (Å²) in [5.41, 5.74) is 5.23. The minimum absolute atomic E-state index is 0.000414. The maximum atomic E-state index is 13.6. The van der Waals surface area contributed by atoms with Crippen molar-refractivity contribution in [2.24, 2.45) is 0 Å². The number of aryl methyl sites for hydroxylation is 1. The molecule has 1 fully saturated rings. The monoisotopic (exact) mass is 388 g/mol. The molecule has 2 unspecified atom stereocenters. The van der Waals surface area contributed by atoms with E-state index in [9.17, 15) is 4.79 Å². The van der Waals surface area contributed by atoms with E-state index in [2.05, 4.69) is 59.9 Å². The molecule has 1 aliphatic heterocycles. The molecule has 0 radical (unpaired) electrons. The molecule has 5 heteroatoms. The lowest BCUT2D eigenvalue weighted by atomic mass is 10.0. The molecule has 150 valence electrons. The van der Waals surface area contributed by atoms with E-state index >= 15 is 0 Å². The Balaban J connectivity index is 1.67. The third-order valence-electron chi connectivity index (χ3n) is 5.96. The smallest absolute Gasteiger partial charge is 0.256 e. The average Bonchev–Trinajstić information content (AvgIpc) is 3.08. The molecule has 5 nitrogen and oxygen atoms in total. The zero-order valence-corrected chi connectivity index (χ0v) is 17.3. The van der Waals surface area contributed by atoms with E-state index in [1.54, 1.807) is 6.20 Å².